The van der Waals surface area contributed by atoms with Crippen LogP contribution in [-0.2, 0) is 21.7 Å². The fourth-order valence-corrected chi connectivity index (χ4v) is 3.60. The lowest BCUT2D eigenvalue weighted by Gasteiger charge is -2.14. The molecular formula is C19H17F4N5O2S. The zero-order chi connectivity index (χ0) is 22.8. The van der Waals surface area contributed by atoms with E-state index in [0.29, 0.717) is 5.56 Å². The normalized spacial score (nSPS) is 13.5. The maximum atomic E-state index is 13.4. The van der Waals surface area contributed by atoms with Crippen LogP contribution >= 0.6 is 0 Å². The van der Waals surface area contributed by atoms with Gasteiger partial charge >= 0.3 is 6.18 Å². The molecule has 0 bridgehead atoms. The van der Waals surface area contributed by atoms with Gasteiger partial charge in [0.1, 0.15) is 17.9 Å². The van der Waals surface area contributed by atoms with Gasteiger partial charge in [0.15, 0.2) is 5.82 Å². The molecule has 1 unspecified atom stereocenters. The Kier molecular flexibility index (Phi) is 6.11. The van der Waals surface area contributed by atoms with Gasteiger partial charge in [-0.25, -0.2) is 18.6 Å². The summed E-state index contributed by atoms with van der Waals surface area (Å²) >= 11 is 0. The molecule has 1 heterocycles. The highest BCUT2D eigenvalue weighted by molar-refractivity contribution is 7.90. The van der Waals surface area contributed by atoms with Crippen LogP contribution in [0.1, 0.15) is 11.1 Å². The molecule has 0 saturated heterocycles. The number of halogens is 4. The number of hydrogen-bond donors (Lipinski definition) is 2. The van der Waals surface area contributed by atoms with Crippen LogP contribution in [0.15, 0.2) is 42.7 Å². The molecule has 0 aliphatic heterocycles. The van der Waals surface area contributed by atoms with Gasteiger partial charge in [-0.15, -0.1) is 0 Å². The highest BCUT2D eigenvalue weighted by Gasteiger charge is 2.31. The molecule has 164 valence electrons. The van der Waals surface area contributed by atoms with E-state index in [1.165, 1.54) is 25.3 Å². The number of rotatable bonds is 6. The topological polar surface area (TPSA) is 101 Å². The summed E-state index contributed by atoms with van der Waals surface area (Å²) in [6, 6.07) is 6.79. The number of benzene rings is 2. The number of nitrogens with zero attached hydrogens (tertiary/aromatic N) is 3. The van der Waals surface area contributed by atoms with Crippen molar-refractivity contribution < 1.29 is 26.5 Å². The second-order valence-electron chi connectivity index (χ2n) is 6.67. The maximum absolute atomic E-state index is 13.4. The van der Waals surface area contributed by atoms with Crippen LogP contribution in [-0.4, -0.2) is 32.5 Å². The molecule has 31 heavy (non-hydrogen) atoms. The Labute approximate surface area is 175 Å². The van der Waals surface area contributed by atoms with Gasteiger partial charge in [0.25, 0.3) is 0 Å². The number of anilines is 2. The molecule has 0 spiro atoms. The van der Waals surface area contributed by atoms with Gasteiger partial charge < -0.3 is 10.1 Å². The minimum Gasteiger partial charge on any atom is -0.496 e. The summed E-state index contributed by atoms with van der Waals surface area (Å²) in [5.74, 6) is -0.645. The molecule has 1 atom stereocenters. The van der Waals surface area contributed by atoms with Crippen molar-refractivity contribution in [3.63, 3.8) is 0 Å². The molecule has 3 rings (SSSR count). The maximum Gasteiger partial charge on any atom is 0.416 e. The van der Waals surface area contributed by atoms with E-state index < -0.39 is 27.3 Å². The monoisotopic (exact) mass is 455 g/mol. The first-order valence-electron chi connectivity index (χ1n) is 8.67. The Morgan fingerprint density at radius 1 is 1.16 bits per heavy atom. The van der Waals surface area contributed by atoms with E-state index in [0.717, 1.165) is 30.8 Å². The largest absolute Gasteiger partial charge is 0.496 e. The predicted molar refractivity (Wildman–Crippen MR) is 107 cm³/mol. The van der Waals surface area contributed by atoms with Crippen molar-refractivity contribution >= 4 is 21.4 Å². The van der Waals surface area contributed by atoms with Crippen molar-refractivity contribution in [2.45, 2.75) is 11.9 Å². The smallest absolute Gasteiger partial charge is 0.416 e. The van der Waals surface area contributed by atoms with E-state index in [9.17, 15) is 21.8 Å². The van der Waals surface area contributed by atoms with Gasteiger partial charge in [-0.2, -0.15) is 18.2 Å². The Hall–Kier alpha value is -3.28. The summed E-state index contributed by atoms with van der Waals surface area (Å²) in [5.41, 5.74) is -0.532. The average molecular weight is 455 g/mol. The number of ether oxygens (including phenoxy) is 1. The summed E-state index contributed by atoms with van der Waals surface area (Å²) in [5, 5.41) is 2.67. The Morgan fingerprint density at radius 2 is 1.90 bits per heavy atom. The van der Waals surface area contributed by atoms with E-state index in [4.69, 9.17) is 9.52 Å². The van der Waals surface area contributed by atoms with Crippen LogP contribution in [0.3, 0.4) is 0 Å². The number of methoxy groups -OCH3 is 1. The van der Waals surface area contributed by atoms with Crippen molar-refractivity contribution in [2.75, 3.05) is 18.7 Å². The number of aromatic nitrogens is 3. The van der Waals surface area contributed by atoms with E-state index in [2.05, 4.69) is 20.3 Å². The van der Waals surface area contributed by atoms with Crippen molar-refractivity contribution in [1.29, 1.82) is 4.78 Å². The van der Waals surface area contributed by atoms with E-state index in [1.807, 2.05) is 0 Å². The number of alkyl halides is 3. The van der Waals surface area contributed by atoms with Gasteiger partial charge in [-0.1, -0.05) is 0 Å². The molecule has 0 radical (unpaired) electrons. The van der Waals surface area contributed by atoms with Crippen LogP contribution in [0.2, 0.25) is 0 Å². The average Bonchev–Trinajstić information content (AvgIpc) is 2.66. The lowest BCUT2D eigenvalue weighted by molar-refractivity contribution is -0.137. The Bertz CT molecular complexity index is 1220. The molecule has 0 aliphatic carbocycles. The molecular weight excluding hydrogens is 438 g/mol. The summed E-state index contributed by atoms with van der Waals surface area (Å²) in [7, 11) is -1.72. The van der Waals surface area contributed by atoms with Crippen molar-refractivity contribution in [3.8, 4) is 17.1 Å². The fourth-order valence-electron chi connectivity index (χ4n) is 2.79. The van der Waals surface area contributed by atoms with Gasteiger partial charge in [-0.05, 0) is 35.9 Å². The molecule has 3 aromatic rings. The molecule has 0 amide bonds. The minimum atomic E-state index is -4.64. The number of hydrogen-bond acceptors (Lipinski definition) is 7. The first-order chi connectivity index (χ1) is 14.4. The second kappa shape index (κ2) is 8.46. The summed E-state index contributed by atoms with van der Waals surface area (Å²) in [6.07, 6.45) is -2.35. The first kappa shape index (κ1) is 22.4. The predicted octanol–water partition coefficient (Wildman–Crippen LogP) is 4.63. The summed E-state index contributed by atoms with van der Waals surface area (Å²) < 4.78 is 77.7. The molecule has 2 N–H and O–H groups in total. The SMILES string of the molecule is COc1cc(F)ccc1-c1ncnc(Nc2cc(CS(C)(=N)=O)cc(C(F)(F)F)c2)n1. The third-order valence-corrected chi connectivity index (χ3v) is 4.88. The second-order valence-corrected chi connectivity index (χ2v) is 8.97. The Balaban J connectivity index is 1.99. The van der Waals surface area contributed by atoms with E-state index in [-0.39, 0.29) is 34.5 Å². The van der Waals surface area contributed by atoms with Gasteiger partial charge in [0, 0.05) is 27.7 Å². The third-order valence-electron chi connectivity index (χ3n) is 3.99. The van der Waals surface area contributed by atoms with Crippen molar-refractivity contribution in [1.82, 2.24) is 15.0 Å². The standard InChI is InChI=1S/C19H17F4N5O2S/c1-30-16-8-13(20)3-4-15(16)17-25-10-26-18(28-17)27-14-6-11(9-31(2,24)29)5-12(7-14)19(21,22)23/h3-8,10,24H,9H2,1-2H3,(H,25,26,27,28). The molecule has 0 saturated carbocycles. The zero-order valence-electron chi connectivity index (χ0n) is 16.3. The molecule has 7 nitrogen and oxygen atoms in total. The Morgan fingerprint density at radius 3 is 2.55 bits per heavy atom. The minimum absolute atomic E-state index is 0.00306. The summed E-state index contributed by atoms with van der Waals surface area (Å²) in [6.45, 7) is 0. The van der Waals surface area contributed by atoms with Crippen molar-refractivity contribution in [3.05, 3.63) is 59.7 Å². The van der Waals surface area contributed by atoms with Gasteiger partial charge in [0.2, 0.25) is 5.95 Å². The zero-order valence-corrected chi connectivity index (χ0v) is 17.1. The van der Waals surface area contributed by atoms with Crippen molar-refractivity contribution in [2.24, 2.45) is 0 Å². The van der Waals surface area contributed by atoms with E-state index in [1.54, 1.807) is 0 Å². The van der Waals surface area contributed by atoms with Gasteiger partial charge in [0.05, 0.1) is 24.0 Å². The summed E-state index contributed by atoms with van der Waals surface area (Å²) in [4.78, 5) is 12.1. The molecule has 1 aromatic heterocycles. The molecule has 12 heteroatoms. The van der Waals surface area contributed by atoms with Crippen LogP contribution in [0.5, 0.6) is 5.75 Å². The van der Waals surface area contributed by atoms with Gasteiger partial charge in [-0.3, -0.25) is 4.78 Å². The van der Waals surface area contributed by atoms with Crippen LogP contribution in [0.25, 0.3) is 11.4 Å². The molecule has 2 aromatic carbocycles. The lowest BCUT2D eigenvalue weighted by Crippen LogP contribution is -2.09. The first-order valence-corrected chi connectivity index (χ1v) is 10.8. The fraction of sp³-hybridized carbons (Fsp3) is 0.211. The van der Waals surface area contributed by atoms with Crippen LogP contribution < -0.4 is 10.1 Å². The van der Waals surface area contributed by atoms with Crippen LogP contribution in [0.4, 0.5) is 29.2 Å². The quantitative estimate of drug-likeness (QED) is 0.526. The number of nitrogens with one attached hydrogen (secondary N) is 2. The third kappa shape index (κ3) is 5.87. The van der Waals surface area contributed by atoms with Crippen LogP contribution in [0, 0.1) is 10.6 Å². The lowest BCUT2D eigenvalue weighted by atomic mass is 10.1. The highest BCUT2D eigenvalue weighted by atomic mass is 32.2. The molecule has 0 fully saturated rings. The van der Waals surface area contributed by atoms with E-state index >= 15 is 0 Å². The highest BCUT2D eigenvalue weighted by Crippen LogP contribution is 2.33. The molecule has 0 aliphatic rings.